The van der Waals surface area contributed by atoms with E-state index in [9.17, 15) is 0 Å². The van der Waals surface area contributed by atoms with Crippen molar-refractivity contribution in [3.63, 3.8) is 0 Å². The highest BCUT2D eigenvalue weighted by molar-refractivity contribution is 4.94. The highest BCUT2D eigenvalue weighted by Crippen LogP contribution is 2.23. The van der Waals surface area contributed by atoms with Gasteiger partial charge >= 0.3 is 0 Å². The van der Waals surface area contributed by atoms with E-state index in [-0.39, 0.29) is 5.54 Å². The van der Waals surface area contributed by atoms with Gasteiger partial charge in [-0.1, -0.05) is 0 Å². The molecule has 1 aromatic heterocycles. The summed E-state index contributed by atoms with van der Waals surface area (Å²) in [6.45, 7) is 10.6. The molecule has 1 fully saturated rings. The standard InChI is InChI=1S/C13H26N6/c1-10-11(17(5)6)7-8-18(10)9-12-14-15-16-19(12)13(2,3)4/h10-11H,7-9H2,1-6H3. The summed E-state index contributed by atoms with van der Waals surface area (Å²) in [6.07, 6.45) is 1.21. The van der Waals surface area contributed by atoms with Crippen LogP contribution in [0.5, 0.6) is 0 Å². The van der Waals surface area contributed by atoms with Crippen LogP contribution >= 0.6 is 0 Å². The minimum atomic E-state index is -0.0667. The van der Waals surface area contributed by atoms with Gasteiger partial charge in [-0.25, -0.2) is 4.68 Å². The van der Waals surface area contributed by atoms with E-state index in [1.165, 1.54) is 6.42 Å². The molecule has 0 aromatic carbocycles. The minimum Gasteiger partial charge on any atom is -0.305 e. The van der Waals surface area contributed by atoms with E-state index < -0.39 is 0 Å². The minimum absolute atomic E-state index is 0.0667. The van der Waals surface area contributed by atoms with E-state index in [2.05, 4.69) is 67.1 Å². The third-order valence-electron chi connectivity index (χ3n) is 4.02. The van der Waals surface area contributed by atoms with Crippen LogP contribution in [0.2, 0.25) is 0 Å². The molecule has 2 atom stereocenters. The first-order valence-corrected chi connectivity index (χ1v) is 6.99. The molecule has 0 spiro atoms. The molecule has 108 valence electrons. The van der Waals surface area contributed by atoms with Crippen molar-refractivity contribution in [1.29, 1.82) is 0 Å². The first kappa shape index (κ1) is 14.4. The van der Waals surface area contributed by atoms with E-state index in [0.29, 0.717) is 12.1 Å². The maximum atomic E-state index is 4.20. The molecule has 2 rings (SSSR count). The molecule has 0 saturated carbocycles. The average Bonchev–Trinajstić information content (AvgIpc) is 2.86. The SMILES string of the molecule is CC1C(N(C)C)CCN1Cc1nnnn1C(C)(C)C. The molecule has 1 aliphatic rings. The molecule has 1 aliphatic heterocycles. The Balaban J connectivity index is 2.09. The van der Waals surface area contributed by atoms with E-state index in [4.69, 9.17) is 0 Å². The molecule has 6 heteroatoms. The molecular weight excluding hydrogens is 240 g/mol. The Hall–Kier alpha value is -1.01. The molecule has 1 aromatic rings. The van der Waals surface area contributed by atoms with Crippen LogP contribution in [0, 0.1) is 0 Å². The van der Waals surface area contributed by atoms with Gasteiger partial charge in [0, 0.05) is 18.6 Å². The molecule has 0 N–H and O–H groups in total. The van der Waals surface area contributed by atoms with Gasteiger partial charge in [0.25, 0.3) is 0 Å². The number of likely N-dealkylation sites (N-methyl/N-ethyl adjacent to an activating group) is 1. The van der Waals surface area contributed by atoms with Crippen molar-refractivity contribution in [2.75, 3.05) is 20.6 Å². The highest BCUT2D eigenvalue weighted by Gasteiger charge is 2.33. The lowest BCUT2D eigenvalue weighted by molar-refractivity contribution is 0.183. The number of rotatable bonds is 3. The normalized spacial score (nSPS) is 25.4. The van der Waals surface area contributed by atoms with Gasteiger partial charge in [-0.05, 0) is 58.6 Å². The number of tetrazole rings is 1. The summed E-state index contributed by atoms with van der Waals surface area (Å²) in [7, 11) is 4.31. The first-order valence-electron chi connectivity index (χ1n) is 6.99. The summed E-state index contributed by atoms with van der Waals surface area (Å²) >= 11 is 0. The van der Waals surface area contributed by atoms with Crippen LogP contribution in [0.25, 0.3) is 0 Å². The Labute approximate surface area is 115 Å². The molecular formula is C13H26N6. The summed E-state index contributed by atoms with van der Waals surface area (Å²) in [5.41, 5.74) is -0.0667. The van der Waals surface area contributed by atoms with Crippen LogP contribution in [0.4, 0.5) is 0 Å². The first-order chi connectivity index (χ1) is 8.80. The lowest BCUT2D eigenvalue weighted by atomic mass is 10.1. The van der Waals surface area contributed by atoms with E-state index in [1.54, 1.807) is 0 Å². The van der Waals surface area contributed by atoms with Crippen molar-refractivity contribution in [3.05, 3.63) is 5.82 Å². The Bertz CT molecular complexity index is 419. The Kier molecular flexibility index (Phi) is 3.92. The molecule has 19 heavy (non-hydrogen) atoms. The molecule has 2 heterocycles. The second-order valence-electron chi connectivity index (χ2n) is 6.71. The zero-order valence-corrected chi connectivity index (χ0v) is 13.0. The van der Waals surface area contributed by atoms with Crippen LogP contribution in [-0.4, -0.2) is 62.7 Å². The molecule has 0 amide bonds. The number of likely N-dealkylation sites (tertiary alicyclic amines) is 1. The van der Waals surface area contributed by atoms with Crippen LogP contribution in [0.15, 0.2) is 0 Å². The van der Waals surface area contributed by atoms with E-state index >= 15 is 0 Å². The topological polar surface area (TPSA) is 50.1 Å². The van der Waals surface area contributed by atoms with Crippen molar-refractivity contribution in [2.45, 2.75) is 58.3 Å². The Morgan fingerprint density at radius 2 is 2.00 bits per heavy atom. The van der Waals surface area contributed by atoms with Gasteiger partial charge < -0.3 is 4.90 Å². The maximum absolute atomic E-state index is 4.20. The Morgan fingerprint density at radius 3 is 2.53 bits per heavy atom. The predicted molar refractivity (Wildman–Crippen MR) is 74.8 cm³/mol. The van der Waals surface area contributed by atoms with Crippen LogP contribution < -0.4 is 0 Å². The van der Waals surface area contributed by atoms with Gasteiger partial charge in [-0.15, -0.1) is 5.10 Å². The summed E-state index contributed by atoms with van der Waals surface area (Å²) in [4.78, 5) is 4.79. The van der Waals surface area contributed by atoms with Crippen LogP contribution in [-0.2, 0) is 12.1 Å². The fourth-order valence-electron chi connectivity index (χ4n) is 2.91. The summed E-state index contributed by atoms with van der Waals surface area (Å²) in [6, 6.07) is 1.17. The van der Waals surface area contributed by atoms with E-state index in [0.717, 1.165) is 18.9 Å². The van der Waals surface area contributed by atoms with Crippen molar-refractivity contribution in [1.82, 2.24) is 30.0 Å². The summed E-state index contributed by atoms with van der Waals surface area (Å²) < 4.78 is 1.93. The van der Waals surface area contributed by atoms with Gasteiger partial charge in [0.1, 0.15) is 0 Å². The quantitative estimate of drug-likeness (QED) is 0.815. The molecule has 2 unspecified atom stereocenters. The van der Waals surface area contributed by atoms with Gasteiger partial charge in [0.2, 0.25) is 0 Å². The number of hydrogen-bond acceptors (Lipinski definition) is 5. The second-order valence-corrected chi connectivity index (χ2v) is 6.71. The van der Waals surface area contributed by atoms with Crippen LogP contribution in [0.1, 0.15) is 39.9 Å². The average molecular weight is 266 g/mol. The largest absolute Gasteiger partial charge is 0.305 e. The number of nitrogens with zero attached hydrogens (tertiary/aromatic N) is 6. The van der Waals surface area contributed by atoms with Crippen molar-refractivity contribution >= 4 is 0 Å². The monoisotopic (exact) mass is 266 g/mol. The zero-order valence-electron chi connectivity index (χ0n) is 13.0. The third kappa shape index (κ3) is 2.95. The second kappa shape index (κ2) is 5.17. The zero-order chi connectivity index (χ0) is 14.2. The maximum Gasteiger partial charge on any atom is 0.165 e. The summed E-state index contributed by atoms with van der Waals surface area (Å²) in [5.74, 6) is 0.957. The fourth-order valence-corrected chi connectivity index (χ4v) is 2.91. The van der Waals surface area contributed by atoms with Crippen molar-refractivity contribution < 1.29 is 0 Å². The third-order valence-corrected chi connectivity index (χ3v) is 4.02. The van der Waals surface area contributed by atoms with Gasteiger partial charge in [0.05, 0.1) is 12.1 Å². The fraction of sp³-hybridized carbons (Fsp3) is 0.923. The van der Waals surface area contributed by atoms with E-state index in [1.807, 2.05) is 4.68 Å². The Morgan fingerprint density at radius 1 is 1.32 bits per heavy atom. The molecule has 0 bridgehead atoms. The van der Waals surface area contributed by atoms with Crippen molar-refractivity contribution in [2.24, 2.45) is 0 Å². The molecule has 6 nitrogen and oxygen atoms in total. The lowest BCUT2D eigenvalue weighted by Crippen LogP contribution is -2.40. The van der Waals surface area contributed by atoms with Crippen molar-refractivity contribution in [3.8, 4) is 0 Å². The number of hydrogen-bond donors (Lipinski definition) is 0. The lowest BCUT2D eigenvalue weighted by Gasteiger charge is -2.28. The summed E-state index contributed by atoms with van der Waals surface area (Å²) in [5, 5.41) is 12.2. The number of aromatic nitrogens is 4. The molecule has 0 aliphatic carbocycles. The highest BCUT2D eigenvalue weighted by atomic mass is 15.6. The molecule has 0 radical (unpaired) electrons. The van der Waals surface area contributed by atoms with Gasteiger partial charge in [-0.2, -0.15) is 0 Å². The van der Waals surface area contributed by atoms with Crippen LogP contribution in [0.3, 0.4) is 0 Å². The predicted octanol–water partition coefficient (Wildman–Crippen LogP) is 0.952. The molecule has 1 saturated heterocycles. The van der Waals surface area contributed by atoms with Gasteiger partial charge in [0.15, 0.2) is 5.82 Å². The van der Waals surface area contributed by atoms with Gasteiger partial charge in [-0.3, -0.25) is 4.90 Å². The smallest absolute Gasteiger partial charge is 0.165 e.